The van der Waals surface area contributed by atoms with Gasteiger partial charge in [-0.3, -0.25) is 9.59 Å². The van der Waals surface area contributed by atoms with Gasteiger partial charge in [-0.05, 0) is 61.1 Å². The normalized spacial score (nSPS) is 21.4. The molecule has 1 saturated heterocycles. The van der Waals surface area contributed by atoms with Crippen molar-refractivity contribution < 1.29 is 14.7 Å². The van der Waals surface area contributed by atoms with E-state index in [0.29, 0.717) is 49.5 Å². The van der Waals surface area contributed by atoms with Gasteiger partial charge in [-0.2, -0.15) is 0 Å². The molecule has 7 heteroatoms. The molecule has 3 N–H and O–H groups in total. The van der Waals surface area contributed by atoms with Crippen molar-refractivity contribution in [3.63, 3.8) is 0 Å². The predicted octanol–water partition coefficient (Wildman–Crippen LogP) is 3.32. The smallest absolute Gasteiger partial charge is 0.267 e. The number of hydrogen-bond donors (Lipinski definition) is 3. The molecule has 0 bridgehead atoms. The lowest BCUT2D eigenvalue weighted by atomic mass is 9.79. The number of aliphatic hydroxyl groups is 1. The molecule has 1 aliphatic heterocycles. The molecule has 5 rings (SSSR count). The van der Waals surface area contributed by atoms with Gasteiger partial charge in [-0.1, -0.05) is 35.9 Å². The maximum atomic E-state index is 13.4. The minimum atomic E-state index is -0.336. The molecule has 2 heterocycles. The summed E-state index contributed by atoms with van der Waals surface area (Å²) in [7, 11) is 0. The fraction of sp³-hybridized carbons (Fsp3) is 0.360. The Morgan fingerprint density at radius 1 is 1.03 bits per heavy atom. The maximum absolute atomic E-state index is 13.4. The van der Waals surface area contributed by atoms with Gasteiger partial charge < -0.3 is 20.3 Å². The number of carbonyl (C=O) groups excluding carboxylic acids is 2. The molecule has 1 aliphatic carbocycles. The van der Waals surface area contributed by atoms with Crippen LogP contribution in [0.3, 0.4) is 0 Å². The van der Waals surface area contributed by atoms with E-state index in [9.17, 15) is 14.7 Å². The first-order valence-corrected chi connectivity index (χ1v) is 11.5. The van der Waals surface area contributed by atoms with Crippen molar-refractivity contribution in [2.24, 2.45) is 5.92 Å². The quantitative estimate of drug-likeness (QED) is 0.571. The monoisotopic (exact) mass is 451 g/mol. The van der Waals surface area contributed by atoms with Gasteiger partial charge >= 0.3 is 0 Å². The molecule has 2 aliphatic rings. The molecule has 1 aromatic heterocycles. The van der Waals surface area contributed by atoms with Crippen LogP contribution in [0.1, 0.15) is 34.5 Å². The number of rotatable bonds is 3. The highest BCUT2D eigenvalue weighted by Crippen LogP contribution is 2.29. The molecule has 0 spiro atoms. The number of aliphatic hydroxyl groups excluding tert-OH is 1. The van der Waals surface area contributed by atoms with Crippen LogP contribution in [0.2, 0.25) is 5.02 Å². The third-order valence-electron chi connectivity index (χ3n) is 6.72. The molecule has 6 nitrogen and oxygen atoms in total. The Hall–Kier alpha value is -2.83. The summed E-state index contributed by atoms with van der Waals surface area (Å²) < 4.78 is 0. The van der Waals surface area contributed by atoms with E-state index < -0.39 is 0 Å². The van der Waals surface area contributed by atoms with E-state index in [4.69, 9.17) is 11.6 Å². The number of piperidine rings is 1. The zero-order valence-corrected chi connectivity index (χ0v) is 18.4. The largest absolute Gasteiger partial charge is 0.393 e. The lowest BCUT2D eigenvalue weighted by Crippen LogP contribution is -2.53. The van der Waals surface area contributed by atoms with Gasteiger partial charge in [0.05, 0.1) is 12.0 Å². The minimum Gasteiger partial charge on any atom is -0.393 e. The summed E-state index contributed by atoms with van der Waals surface area (Å²) >= 11 is 6.08. The number of aromatic nitrogens is 1. The highest BCUT2D eigenvalue weighted by Gasteiger charge is 2.37. The summed E-state index contributed by atoms with van der Waals surface area (Å²) in [6.45, 7) is 1.11. The molecule has 2 aromatic carbocycles. The van der Waals surface area contributed by atoms with Crippen LogP contribution in [0.25, 0.3) is 10.9 Å². The molecule has 0 saturated carbocycles. The van der Waals surface area contributed by atoms with Crippen molar-refractivity contribution in [3.8, 4) is 0 Å². The Morgan fingerprint density at radius 2 is 1.75 bits per heavy atom. The van der Waals surface area contributed by atoms with Crippen molar-refractivity contribution in [1.82, 2.24) is 15.2 Å². The molecule has 1 unspecified atom stereocenters. The van der Waals surface area contributed by atoms with Crippen LogP contribution < -0.4 is 5.32 Å². The van der Waals surface area contributed by atoms with Crippen molar-refractivity contribution in [3.05, 3.63) is 70.4 Å². The van der Waals surface area contributed by atoms with Gasteiger partial charge in [0.25, 0.3) is 5.91 Å². The van der Waals surface area contributed by atoms with E-state index in [2.05, 4.69) is 22.4 Å². The predicted molar refractivity (Wildman–Crippen MR) is 124 cm³/mol. The lowest BCUT2D eigenvalue weighted by molar-refractivity contribution is -0.138. The molecular formula is C25H26ClN3O3. The minimum absolute atomic E-state index is 0.0557. The van der Waals surface area contributed by atoms with Crippen LogP contribution in [-0.4, -0.2) is 52.0 Å². The third kappa shape index (κ3) is 4.12. The third-order valence-corrected chi connectivity index (χ3v) is 6.96. The Labute approximate surface area is 191 Å². The van der Waals surface area contributed by atoms with Crippen molar-refractivity contribution in [2.45, 2.75) is 37.8 Å². The number of fused-ring (bicyclic) bond motifs is 2. The van der Waals surface area contributed by atoms with Crippen LogP contribution in [0.4, 0.5) is 0 Å². The number of nitrogens with one attached hydrogen (secondary N) is 2. The van der Waals surface area contributed by atoms with E-state index in [-0.39, 0.29) is 29.9 Å². The highest BCUT2D eigenvalue weighted by atomic mass is 35.5. The first-order valence-electron chi connectivity index (χ1n) is 11.1. The molecule has 2 atom stereocenters. The summed E-state index contributed by atoms with van der Waals surface area (Å²) in [5.41, 5.74) is 3.62. The van der Waals surface area contributed by atoms with Crippen molar-refractivity contribution in [2.75, 3.05) is 13.1 Å². The van der Waals surface area contributed by atoms with Gasteiger partial charge in [-0.25, -0.2) is 0 Å². The SMILES string of the molecule is O=C(NC1Cc2ccccc2C[C@H]1C(=O)N1CCC(O)CC1)c1cc2cc(Cl)ccc2[nH]1. The van der Waals surface area contributed by atoms with Crippen LogP contribution in [-0.2, 0) is 17.6 Å². The number of H-pyrrole nitrogens is 1. The van der Waals surface area contributed by atoms with Gasteiger partial charge in [0.15, 0.2) is 0 Å². The van der Waals surface area contributed by atoms with Gasteiger partial charge in [0.2, 0.25) is 5.91 Å². The Balaban J connectivity index is 1.39. The Kier molecular flexibility index (Phi) is 5.66. The number of likely N-dealkylation sites (tertiary alicyclic amines) is 1. The number of hydrogen-bond acceptors (Lipinski definition) is 3. The lowest BCUT2D eigenvalue weighted by Gasteiger charge is -2.38. The van der Waals surface area contributed by atoms with E-state index in [0.717, 1.165) is 16.5 Å². The topological polar surface area (TPSA) is 85.4 Å². The fourth-order valence-corrected chi connectivity index (χ4v) is 5.10. The number of nitrogens with zero attached hydrogens (tertiary/aromatic N) is 1. The second-order valence-corrected chi connectivity index (χ2v) is 9.27. The zero-order chi connectivity index (χ0) is 22.2. The van der Waals surface area contributed by atoms with Crippen LogP contribution in [0.5, 0.6) is 0 Å². The van der Waals surface area contributed by atoms with Crippen molar-refractivity contribution >= 4 is 34.3 Å². The van der Waals surface area contributed by atoms with Crippen LogP contribution in [0.15, 0.2) is 48.5 Å². The fourth-order valence-electron chi connectivity index (χ4n) is 4.92. The zero-order valence-electron chi connectivity index (χ0n) is 17.7. The van der Waals surface area contributed by atoms with Gasteiger partial charge in [0, 0.05) is 35.1 Å². The summed E-state index contributed by atoms with van der Waals surface area (Å²) in [4.78, 5) is 31.6. The van der Waals surface area contributed by atoms with Gasteiger partial charge in [-0.15, -0.1) is 0 Å². The molecule has 3 aromatic rings. The van der Waals surface area contributed by atoms with Crippen LogP contribution in [0, 0.1) is 5.92 Å². The number of benzene rings is 2. The second kappa shape index (κ2) is 8.60. The van der Waals surface area contributed by atoms with E-state index in [1.165, 1.54) is 5.56 Å². The summed E-state index contributed by atoms with van der Waals surface area (Å²) in [5, 5.41) is 14.4. The molecular weight excluding hydrogens is 426 g/mol. The molecule has 166 valence electrons. The average molecular weight is 452 g/mol. The second-order valence-electron chi connectivity index (χ2n) is 8.83. The summed E-state index contributed by atoms with van der Waals surface area (Å²) in [5.74, 6) is -0.503. The Bertz CT molecular complexity index is 1170. The van der Waals surface area contributed by atoms with E-state index >= 15 is 0 Å². The standard InChI is InChI=1S/C25H26ClN3O3/c26-18-5-6-21-17(11-18)14-23(27-21)24(31)28-22-13-16-4-2-1-3-15(16)12-20(22)25(32)29-9-7-19(30)8-10-29/h1-6,11,14,19-20,22,27,30H,7-10,12-13H2,(H,28,31)/t20-,22?/m1/s1. The number of amides is 2. The molecule has 1 fully saturated rings. The molecule has 32 heavy (non-hydrogen) atoms. The maximum Gasteiger partial charge on any atom is 0.267 e. The molecule has 2 amide bonds. The first-order chi connectivity index (χ1) is 15.5. The number of carbonyl (C=O) groups is 2. The van der Waals surface area contributed by atoms with E-state index in [1.807, 2.05) is 29.2 Å². The van der Waals surface area contributed by atoms with Crippen LogP contribution >= 0.6 is 11.6 Å². The average Bonchev–Trinajstić information content (AvgIpc) is 3.22. The Morgan fingerprint density at radius 3 is 2.50 bits per heavy atom. The highest BCUT2D eigenvalue weighted by molar-refractivity contribution is 6.31. The van der Waals surface area contributed by atoms with Gasteiger partial charge in [0.1, 0.15) is 5.69 Å². The van der Waals surface area contributed by atoms with E-state index in [1.54, 1.807) is 12.1 Å². The molecule has 0 radical (unpaired) electrons. The van der Waals surface area contributed by atoms with Crippen molar-refractivity contribution in [1.29, 1.82) is 0 Å². The first kappa shape index (κ1) is 21.0. The number of halogens is 1. The number of aromatic amines is 1. The summed E-state index contributed by atoms with van der Waals surface area (Å²) in [6.07, 6.45) is 2.08. The summed E-state index contributed by atoms with van der Waals surface area (Å²) in [6, 6.07) is 15.1.